The summed E-state index contributed by atoms with van der Waals surface area (Å²) in [6, 6.07) is 0. The summed E-state index contributed by atoms with van der Waals surface area (Å²) < 4.78 is 16.0. The summed E-state index contributed by atoms with van der Waals surface area (Å²) in [7, 11) is 3.37. The normalized spacial score (nSPS) is 12.5. The minimum absolute atomic E-state index is 0.0370. The Morgan fingerprint density at radius 3 is 2.64 bits per heavy atom. The van der Waals surface area contributed by atoms with Gasteiger partial charge in [-0.2, -0.15) is 0 Å². The molecule has 22 heavy (non-hydrogen) atoms. The van der Waals surface area contributed by atoms with Gasteiger partial charge in [-0.3, -0.25) is 4.99 Å². The number of aromatic nitrogens is 1. The zero-order chi connectivity index (χ0) is 16.4. The van der Waals surface area contributed by atoms with Crippen molar-refractivity contribution in [2.24, 2.45) is 4.99 Å². The zero-order valence-electron chi connectivity index (χ0n) is 14.2. The van der Waals surface area contributed by atoms with Crippen LogP contribution in [0, 0.1) is 0 Å². The topological polar surface area (TPSA) is 80.9 Å². The van der Waals surface area contributed by atoms with Gasteiger partial charge in [-0.25, -0.2) is 4.98 Å². The average Bonchev–Trinajstić information content (AvgIpc) is 2.95. The molecule has 0 atom stereocenters. The molecule has 1 heterocycles. The summed E-state index contributed by atoms with van der Waals surface area (Å²) >= 11 is 0. The fourth-order valence-corrected chi connectivity index (χ4v) is 1.60. The largest absolute Gasteiger partial charge is 0.443 e. The standard InChI is InChI=1S/C15H28N4O3/c1-15(2,3)12-10-18-13(22-12)11-19-14(16-4)17-6-7-21-9-8-20-5/h10H,6-9,11H2,1-5H3,(H2,16,17,19). The van der Waals surface area contributed by atoms with Crippen molar-refractivity contribution in [3.05, 3.63) is 17.8 Å². The van der Waals surface area contributed by atoms with Crippen LogP contribution in [-0.2, 0) is 21.4 Å². The lowest BCUT2D eigenvalue weighted by molar-refractivity contribution is 0.0733. The minimum Gasteiger partial charge on any atom is -0.443 e. The molecule has 7 nitrogen and oxygen atoms in total. The van der Waals surface area contributed by atoms with Crippen LogP contribution < -0.4 is 10.6 Å². The van der Waals surface area contributed by atoms with Crippen LogP contribution in [0.15, 0.2) is 15.6 Å². The predicted octanol–water partition coefficient (Wildman–Crippen LogP) is 1.30. The van der Waals surface area contributed by atoms with E-state index >= 15 is 0 Å². The summed E-state index contributed by atoms with van der Waals surface area (Å²) in [5.41, 5.74) is -0.0370. The molecule has 0 unspecified atom stereocenters. The molecule has 2 N–H and O–H groups in total. The summed E-state index contributed by atoms with van der Waals surface area (Å²) in [5.74, 6) is 2.20. The van der Waals surface area contributed by atoms with Crippen LogP contribution >= 0.6 is 0 Å². The number of aliphatic imine (C=N–C) groups is 1. The van der Waals surface area contributed by atoms with E-state index in [0.717, 1.165) is 5.76 Å². The van der Waals surface area contributed by atoms with E-state index in [9.17, 15) is 0 Å². The molecule has 0 aliphatic rings. The minimum atomic E-state index is -0.0370. The first-order valence-electron chi connectivity index (χ1n) is 7.43. The molecule has 1 aromatic heterocycles. The zero-order valence-corrected chi connectivity index (χ0v) is 14.2. The predicted molar refractivity (Wildman–Crippen MR) is 86.1 cm³/mol. The van der Waals surface area contributed by atoms with Gasteiger partial charge in [-0.1, -0.05) is 20.8 Å². The van der Waals surface area contributed by atoms with E-state index in [4.69, 9.17) is 13.9 Å². The van der Waals surface area contributed by atoms with E-state index in [2.05, 4.69) is 41.4 Å². The Morgan fingerprint density at radius 2 is 2.05 bits per heavy atom. The Bertz CT molecular complexity index is 452. The van der Waals surface area contributed by atoms with Crippen LogP contribution in [0.1, 0.15) is 32.4 Å². The van der Waals surface area contributed by atoms with E-state index in [-0.39, 0.29) is 5.41 Å². The SMILES string of the molecule is CN=C(NCCOCCOC)NCc1ncc(C(C)(C)C)o1. The Hall–Kier alpha value is -1.60. The van der Waals surface area contributed by atoms with Gasteiger partial charge in [0.05, 0.1) is 32.6 Å². The van der Waals surface area contributed by atoms with Crippen molar-refractivity contribution < 1.29 is 13.9 Å². The molecule has 0 spiro atoms. The lowest BCUT2D eigenvalue weighted by Crippen LogP contribution is -2.38. The molecular weight excluding hydrogens is 284 g/mol. The lowest BCUT2D eigenvalue weighted by Gasteiger charge is -2.13. The third kappa shape index (κ3) is 6.91. The number of nitrogens with one attached hydrogen (secondary N) is 2. The molecular formula is C15H28N4O3. The van der Waals surface area contributed by atoms with Crippen molar-refractivity contribution in [1.29, 1.82) is 0 Å². The first-order valence-corrected chi connectivity index (χ1v) is 7.43. The van der Waals surface area contributed by atoms with Gasteiger partial charge in [-0.05, 0) is 0 Å². The van der Waals surface area contributed by atoms with Gasteiger partial charge in [-0.15, -0.1) is 0 Å². The monoisotopic (exact) mass is 312 g/mol. The van der Waals surface area contributed by atoms with Gasteiger partial charge >= 0.3 is 0 Å². The van der Waals surface area contributed by atoms with Gasteiger partial charge in [0.1, 0.15) is 5.76 Å². The van der Waals surface area contributed by atoms with Gasteiger partial charge in [0.25, 0.3) is 0 Å². The number of nitrogens with zero attached hydrogens (tertiary/aromatic N) is 2. The third-order valence-electron chi connectivity index (χ3n) is 2.89. The molecule has 0 amide bonds. The highest BCUT2D eigenvalue weighted by Gasteiger charge is 2.19. The second-order valence-electron chi connectivity index (χ2n) is 5.83. The van der Waals surface area contributed by atoms with Gasteiger partial charge in [0, 0.05) is 26.1 Å². The number of guanidine groups is 1. The second kappa shape index (κ2) is 9.42. The number of ether oxygens (including phenoxy) is 2. The maximum absolute atomic E-state index is 5.72. The molecule has 1 rings (SSSR count). The van der Waals surface area contributed by atoms with Crippen LogP contribution in [0.4, 0.5) is 0 Å². The van der Waals surface area contributed by atoms with E-state index < -0.39 is 0 Å². The molecule has 0 aliphatic carbocycles. The summed E-state index contributed by atoms with van der Waals surface area (Å²) in [5, 5.41) is 6.31. The fraction of sp³-hybridized carbons (Fsp3) is 0.733. The first-order chi connectivity index (χ1) is 10.5. The maximum Gasteiger partial charge on any atom is 0.213 e. The van der Waals surface area contributed by atoms with Crippen molar-refractivity contribution in [2.45, 2.75) is 32.7 Å². The van der Waals surface area contributed by atoms with E-state index in [0.29, 0.717) is 44.8 Å². The number of methoxy groups -OCH3 is 1. The van der Waals surface area contributed by atoms with Crippen LogP contribution in [0.3, 0.4) is 0 Å². The van der Waals surface area contributed by atoms with Crippen LogP contribution in [0.25, 0.3) is 0 Å². The van der Waals surface area contributed by atoms with Gasteiger partial charge < -0.3 is 24.5 Å². The summed E-state index contributed by atoms with van der Waals surface area (Å²) in [6.07, 6.45) is 1.77. The van der Waals surface area contributed by atoms with Gasteiger partial charge in [0.15, 0.2) is 5.96 Å². The average molecular weight is 312 g/mol. The van der Waals surface area contributed by atoms with Gasteiger partial charge in [0.2, 0.25) is 5.89 Å². The van der Waals surface area contributed by atoms with E-state index in [1.54, 1.807) is 20.4 Å². The van der Waals surface area contributed by atoms with Crippen molar-refractivity contribution in [3.63, 3.8) is 0 Å². The Labute approximate surface area is 132 Å². The molecule has 7 heteroatoms. The van der Waals surface area contributed by atoms with Crippen molar-refractivity contribution >= 4 is 5.96 Å². The fourth-order valence-electron chi connectivity index (χ4n) is 1.60. The number of hydrogen-bond acceptors (Lipinski definition) is 5. The molecule has 0 aromatic carbocycles. The quantitative estimate of drug-likeness (QED) is 0.428. The Kier molecular flexibility index (Phi) is 7.90. The van der Waals surface area contributed by atoms with Crippen LogP contribution in [0.5, 0.6) is 0 Å². The molecule has 1 aromatic rings. The van der Waals surface area contributed by atoms with Crippen molar-refractivity contribution in [2.75, 3.05) is 40.5 Å². The third-order valence-corrected chi connectivity index (χ3v) is 2.89. The molecule has 0 aliphatic heterocycles. The maximum atomic E-state index is 5.72. The second-order valence-corrected chi connectivity index (χ2v) is 5.83. The lowest BCUT2D eigenvalue weighted by atomic mass is 9.94. The highest BCUT2D eigenvalue weighted by molar-refractivity contribution is 5.79. The molecule has 126 valence electrons. The number of rotatable bonds is 8. The van der Waals surface area contributed by atoms with E-state index in [1.807, 2.05) is 0 Å². The molecule has 0 bridgehead atoms. The van der Waals surface area contributed by atoms with Crippen LogP contribution in [-0.4, -0.2) is 51.5 Å². The number of hydrogen-bond donors (Lipinski definition) is 2. The van der Waals surface area contributed by atoms with Crippen LogP contribution in [0.2, 0.25) is 0 Å². The van der Waals surface area contributed by atoms with Crippen molar-refractivity contribution in [3.8, 4) is 0 Å². The Morgan fingerprint density at radius 1 is 1.27 bits per heavy atom. The first kappa shape index (κ1) is 18.4. The molecule has 0 fully saturated rings. The highest BCUT2D eigenvalue weighted by atomic mass is 16.5. The molecule has 0 radical (unpaired) electrons. The number of oxazole rings is 1. The smallest absolute Gasteiger partial charge is 0.213 e. The van der Waals surface area contributed by atoms with Crippen molar-refractivity contribution in [1.82, 2.24) is 15.6 Å². The molecule has 0 saturated carbocycles. The molecule has 0 saturated heterocycles. The van der Waals surface area contributed by atoms with E-state index in [1.165, 1.54) is 0 Å². The Balaban J connectivity index is 2.28. The highest BCUT2D eigenvalue weighted by Crippen LogP contribution is 2.22. The summed E-state index contributed by atoms with van der Waals surface area (Å²) in [6.45, 7) is 9.22. The summed E-state index contributed by atoms with van der Waals surface area (Å²) in [4.78, 5) is 8.41.